The van der Waals surface area contributed by atoms with Gasteiger partial charge in [0.05, 0.1) is 6.61 Å². The van der Waals surface area contributed by atoms with Crippen molar-refractivity contribution in [3.05, 3.63) is 28.5 Å². The van der Waals surface area contributed by atoms with E-state index in [1.54, 1.807) is 0 Å². The zero-order valence-electron chi connectivity index (χ0n) is 12.0. The predicted octanol–water partition coefficient (Wildman–Crippen LogP) is 2.64. The minimum atomic E-state index is -3.94. The van der Waals surface area contributed by atoms with Crippen molar-refractivity contribution in [2.24, 2.45) is 11.8 Å². The van der Waals surface area contributed by atoms with Crippen molar-refractivity contribution < 1.29 is 17.9 Å². The summed E-state index contributed by atoms with van der Waals surface area (Å²) in [6, 6.07) is 2.34. The van der Waals surface area contributed by atoms with E-state index in [9.17, 15) is 12.8 Å². The molecule has 1 saturated heterocycles. The first kappa shape index (κ1) is 16.7. The van der Waals surface area contributed by atoms with Crippen LogP contribution in [0, 0.1) is 17.7 Å². The Morgan fingerprint density at radius 1 is 1.38 bits per heavy atom. The standard InChI is InChI=1S/C14H19ClFNO3S/c1-9-3-4-17(7-10(9)2)21(19,20)13-6-12(15)5-11(8-18)14(13)16/h5-6,9-10,18H,3-4,7-8H2,1-2H3. The first-order chi connectivity index (χ1) is 9.77. The number of aliphatic hydroxyl groups is 1. The number of piperidine rings is 1. The van der Waals surface area contributed by atoms with Crippen molar-refractivity contribution in [3.63, 3.8) is 0 Å². The molecular formula is C14H19ClFNO3S. The molecule has 0 saturated carbocycles. The van der Waals surface area contributed by atoms with Crippen molar-refractivity contribution in [3.8, 4) is 0 Å². The van der Waals surface area contributed by atoms with Crippen LogP contribution in [0.3, 0.4) is 0 Å². The molecule has 0 bridgehead atoms. The highest BCUT2D eigenvalue weighted by molar-refractivity contribution is 7.89. The predicted molar refractivity (Wildman–Crippen MR) is 79.0 cm³/mol. The van der Waals surface area contributed by atoms with Gasteiger partial charge in [0, 0.05) is 23.7 Å². The lowest BCUT2D eigenvalue weighted by molar-refractivity contribution is 0.212. The summed E-state index contributed by atoms with van der Waals surface area (Å²) in [4.78, 5) is -0.458. The molecule has 0 aromatic heterocycles. The average molecular weight is 336 g/mol. The van der Waals surface area contributed by atoms with Gasteiger partial charge >= 0.3 is 0 Å². The van der Waals surface area contributed by atoms with Gasteiger partial charge in [-0.3, -0.25) is 0 Å². The zero-order valence-corrected chi connectivity index (χ0v) is 13.6. The maximum Gasteiger partial charge on any atom is 0.246 e. The van der Waals surface area contributed by atoms with Crippen LogP contribution in [0.1, 0.15) is 25.8 Å². The highest BCUT2D eigenvalue weighted by Crippen LogP contribution is 2.30. The van der Waals surface area contributed by atoms with E-state index in [0.717, 1.165) is 12.5 Å². The molecule has 1 heterocycles. The van der Waals surface area contributed by atoms with E-state index in [1.807, 2.05) is 6.92 Å². The van der Waals surface area contributed by atoms with Crippen molar-refractivity contribution in [1.82, 2.24) is 4.31 Å². The van der Waals surface area contributed by atoms with E-state index in [1.165, 1.54) is 10.4 Å². The van der Waals surface area contributed by atoms with Gasteiger partial charge in [-0.2, -0.15) is 4.31 Å². The third kappa shape index (κ3) is 3.23. The molecule has 1 N–H and O–H groups in total. The molecular weight excluding hydrogens is 317 g/mol. The van der Waals surface area contributed by atoms with Crippen molar-refractivity contribution >= 4 is 21.6 Å². The molecule has 0 spiro atoms. The molecule has 0 radical (unpaired) electrons. The number of sulfonamides is 1. The second kappa shape index (κ2) is 6.20. The summed E-state index contributed by atoms with van der Waals surface area (Å²) in [5.41, 5.74) is -0.112. The Hall–Kier alpha value is -0.690. The first-order valence-electron chi connectivity index (χ1n) is 6.86. The van der Waals surface area contributed by atoms with Crippen LogP contribution in [0.15, 0.2) is 17.0 Å². The monoisotopic (exact) mass is 335 g/mol. The van der Waals surface area contributed by atoms with Crippen LogP contribution >= 0.6 is 11.6 Å². The van der Waals surface area contributed by atoms with Gasteiger partial charge in [0.2, 0.25) is 10.0 Å². The van der Waals surface area contributed by atoms with Crippen molar-refractivity contribution in [2.45, 2.75) is 31.8 Å². The largest absolute Gasteiger partial charge is 0.392 e. The summed E-state index contributed by atoms with van der Waals surface area (Å²) in [7, 11) is -3.94. The van der Waals surface area contributed by atoms with Crippen LogP contribution < -0.4 is 0 Å². The molecule has 1 aromatic carbocycles. The topological polar surface area (TPSA) is 57.6 Å². The quantitative estimate of drug-likeness (QED) is 0.923. The number of hydrogen-bond donors (Lipinski definition) is 1. The van der Waals surface area contributed by atoms with Crippen LogP contribution in [0.4, 0.5) is 4.39 Å². The molecule has 21 heavy (non-hydrogen) atoms. The smallest absolute Gasteiger partial charge is 0.246 e. The highest BCUT2D eigenvalue weighted by atomic mass is 35.5. The number of benzene rings is 1. The molecule has 1 aromatic rings. The lowest BCUT2D eigenvalue weighted by Crippen LogP contribution is -2.42. The van der Waals surface area contributed by atoms with Gasteiger partial charge in [0.1, 0.15) is 10.7 Å². The van der Waals surface area contributed by atoms with E-state index < -0.39 is 27.3 Å². The van der Waals surface area contributed by atoms with Crippen LogP contribution in [-0.4, -0.2) is 30.9 Å². The van der Waals surface area contributed by atoms with Crippen molar-refractivity contribution in [1.29, 1.82) is 0 Å². The van der Waals surface area contributed by atoms with E-state index in [-0.39, 0.29) is 16.5 Å². The summed E-state index contributed by atoms with van der Waals surface area (Å²) < 4.78 is 40.8. The van der Waals surface area contributed by atoms with Crippen molar-refractivity contribution in [2.75, 3.05) is 13.1 Å². The molecule has 1 aliphatic rings. The van der Waals surface area contributed by atoms with Crippen LogP contribution in [0.2, 0.25) is 5.02 Å². The normalized spacial score (nSPS) is 24.2. The fourth-order valence-electron chi connectivity index (χ4n) is 2.50. The minimum Gasteiger partial charge on any atom is -0.392 e. The Morgan fingerprint density at radius 2 is 2.05 bits per heavy atom. The van der Waals surface area contributed by atoms with E-state index in [2.05, 4.69) is 6.92 Å². The summed E-state index contributed by atoms with van der Waals surface area (Å²) in [5, 5.41) is 9.21. The lowest BCUT2D eigenvalue weighted by Gasteiger charge is -2.34. The Morgan fingerprint density at radius 3 is 2.62 bits per heavy atom. The molecule has 1 aliphatic heterocycles. The van der Waals surface area contributed by atoms with Gasteiger partial charge in [-0.1, -0.05) is 25.4 Å². The molecule has 2 unspecified atom stereocenters. The van der Waals surface area contributed by atoms with E-state index in [4.69, 9.17) is 16.7 Å². The summed E-state index contributed by atoms with van der Waals surface area (Å²) in [5.74, 6) is -0.269. The van der Waals surface area contributed by atoms with Gasteiger partial charge in [-0.05, 0) is 30.4 Å². The maximum absolute atomic E-state index is 14.3. The Balaban J connectivity index is 2.43. The molecule has 118 valence electrons. The van der Waals surface area contributed by atoms with Gasteiger partial charge in [0.15, 0.2) is 0 Å². The number of hydrogen-bond acceptors (Lipinski definition) is 3. The van der Waals surface area contributed by atoms with Crippen LogP contribution in [0.25, 0.3) is 0 Å². The van der Waals surface area contributed by atoms with Crippen LogP contribution in [-0.2, 0) is 16.6 Å². The van der Waals surface area contributed by atoms with E-state index >= 15 is 0 Å². The summed E-state index contributed by atoms with van der Waals surface area (Å²) in [6.07, 6.45) is 0.745. The molecule has 2 rings (SSSR count). The lowest BCUT2D eigenvalue weighted by atomic mass is 9.90. The van der Waals surface area contributed by atoms with Crippen LogP contribution in [0.5, 0.6) is 0 Å². The maximum atomic E-state index is 14.3. The molecule has 7 heteroatoms. The molecule has 2 atom stereocenters. The first-order valence-corrected chi connectivity index (χ1v) is 8.68. The molecule has 1 fully saturated rings. The Kier molecular flexibility index (Phi) is 4.92. The third-order valence-electron chi connectivity index (χ3n) is 4.16. The van der Waals surface area contributed by atoms with Gasteiger partial charge in [-0.15, -0.1) is 0 Å². The van der Waals surface area contributed by atoms with Gasteiger partial charge < -0.3 is 5.11 Å². The van der Waals surface area contributed by atoms with Gasteiger partial charge in [0.25, 0.3) is 0 Å². The zero-order chi connectivity index (χ0) is 15.8. The Bertz CT molecular complexity index is 635. The Labute approximate surface area is 129 Å². The molecule has 0 amide bonds. The fraction of sp³-hybridized carbons (Fsp3) is 0.571. The highest BCUT2D eigenvalue weighted by Gasteiger charge is 2.34. The summed E-state index contributed by atoms with van der Waals surface area (Å²) >= 11 is 5.84. The average Bonchev–Trinajstić information content (AvgIpc) is 2.43. The second-order valence-electron chi connectivity index (χ2n) is 5.64. The molecule has 0 aliphatic carbocycles. The minimum absolute atomic E-state index is 0.0949. The number of halogens is 2. The summed E-state index contributed by atoms with van der Waals surface area (Å²) in [6.45, 7) is 4.21. The van der Waals surface area contributed by atoms with E-state index in [0.29, 0.717) is 19.0 Å². The fourth-order valence-corrected chi connectivity index (χ4v) is 4.50. The van der Waals surface area contributed by atoms with Gasteiger partial charge in [-0.25, -0.2) is 12.8 Å². The number of nitrogens with zero attached hydrogens (tertiary/aromatic N) is 1. The second-order valence-corrected chi connectivity index (χ2v) is 7.98. The number of aliphatic hydroxyl groups excluding tert-OH is 1. The molecule has 4 nitrogen and oxygen atoms in total. The third-order valence-corrected chi connectivity index (χ3v) is 6.25. The SMILES string of the molecule is CC1CCN(S(=O)(=O)c2cc(Cl)cc(CO)c2F)CC1C. The number of rotatable bonds is 3.